The molecule has 1 heterocycles. The van der Waals surface area contributed by atoms with Gasteiger partial charge in [-0.1, -0.05) is 12.1 Å². The molecule has 0 amide bonds. The fourth-order valence-corrected chi connectivity index (χ4v) is 3.71. The van der Waals surface area contributed by atoms with Crippen LogP contribution in [0, 0.1) is 0 Å². The molecule has 1 saturated heterocycles. The van der Waals surface area contributed by atoms with Gasteiger partial charge in [-0.2, -0.15) is 11.8 Å². The number of benzene rings is 1. The van der Waals surface area contributed by atoms with Crippen molar-refractivity contribution in [3.63, 3.8) is 0 Å². The number of nitrogens with two attached hydrogens (primary N) is 1. The van der Waals surface area contributed by atoms with Crippen LogP contribution < -0.4 is 10.6 Å². The van der Waals surface area contributed by atoms with Crippen molar-refractivity contribution in [3.8, 4) is 0 Å². The highest BCUT2D eigenvalue weighted by Gasteiger charge is 2.36. The van der Waals surface area contributed by atoms with Crippen molar-refractivity contribution in [2.45, 2.75) is 31.3 Å². The van der Waals surface area contributed by atoms with Gasteiger partial charge in [-0.25, -0.2) is 0 Å². The van der Waals surface area contributed by atoms with Crippen LogP contribution in [-0.2, 0) is 0 Å². The highest BCUT2D eigenvalue weighted by Crippen LogP contribution is 2.39. The van der Waals surface area contributed by atoms with Crippen molar-refractivity contribution < 1.29 is 0 Å². The number of hydrogen-bond acceptors (Lipinski definition) is 3. The van der Waals surface area contributed by atoms with Crippen LogP contribution >= 0.6 is 11.8 Å². The summed E-state index contributed by atoms with van der Waals surface area (Å²) in [7, 11) is 0. The standard InChI is InChI=1S/C13H18N2S/c14-12-3-1-2-4-13(12)15(10-5-6-10)11-7-8-16-9-11/h1-4,10-11H,5-9,14H2/t11-/m0/s1. The lowest BCUT2D eigenvalue weighted by Gasteiger charge is -2.31. The fourth-order valence-electron chi connectivity index (χ4n) is 2.51. The van der Waals surface area contributed by atoms with E-state index in [1.54, 1.807) is 0 Å². The summed E-state index contributed by atoms with van der Waals surface area (Å²) in [6.45, 7) is 0. The molecule has 16 heavy (non-hydrogen) atoms. The summed E-state index contributed by atoms with van der Waals surface area (Å²) in [5.74, 6) is 2.57. The highest BCUT2D eigenvalue weighted by atomic mass is 32.2. The maximum atomic E-state index is 6.11. The SMILES string of the molecule is Nc1ccccc1N(C1CC1)[C@H]1CCSC1. The first-order valence-electron chi connectivity index (χ1n) is 6.07. The first kappa shape index (κ1) is 10.3. The number of thioether (sulfide) groups is 1. The Hall–Kier alpha value is -0.830. The summed E-state index contributed by atoms with van der Waals surface area (Å²) < 4.78 is 0. The molecule has 1 atom stereocenters. The van der Waals surface area contributed by atoms with Gasteiger partial charge < -0.3 is 10.6 Å². The van der Waals surface area contributed by atoms with E-state index in [1.165, 1.54) is 36.5 Å². The van der Waals surface area contributed by atoms with Crippen molar-refractivity contribution in [2.24, 2.45) is 0 Å². The maximum Gasteiger partial charge on any atom is 0.0605 e. The van der Waals surface area contributed by atoms with Crippen LogP contribution in [0.4, 0.5) is 11.4 Å². The zero-order valence-corrected chi connectivity index (χ0v) is 10.2. The number of nitrogen functional groups attached to an aromatic ring is 1. The van der Waals surface area contributed by atoms with E-state index in [0.29, 0.717) is 6.04 Å². The lowest BCUT2D eigenvalue weighted by Crippen LogP contribution is -2.37. The van der Waals surface area contributed by atoms with E-state index in [0.717, 1.165) is 11.7 Å². The molecule has 1 aliphatic heterocycles. The minimum absolute atomic E-state index is 0.710. The number of rotatable bonds is 3. The van der Waals surface area contributed by atoms with Gasteiger partial charge in [0.25, 0.3) is 0 Å². The zero-order chi connectivity index (χ0) is 11.0. The molecule has 2 N–H and O–H groups in total. The molecule has 1 aliphatic carbocycles. The number of hydrogen-bond donors (Lipinski definition) is 1. The Kier molecular flexibility index (Phi) is 2.72. The third-order valence-electron chi connectivity index (χ3n) is 3.45. The van der Waals surface area contributed by atoms with E-state index in [-0.39, 0.29) is 0 Å². The highest BCUT2D eigenvalue weighted by molar-refractivity contribution is 7.99. The van der Waals surface area contributed by atoms with Crippen LogP contribution in [-0.4, -0.2) is 23.6 Å². The van der Waals surface area contributed by atoms with Crippen molar-refractivity contribution in [2.75, 3.05) is 22.1 Å². The molecule has 2 aliphatic rings. The largest absolute Gasteiger partial charge is 0.397 e. The van der Waals surface area contributed by atoms with Crippen LogP contribution in [0.2, 0.25) is 0 Å². The average Bonchev–Trinajstić information content (AvgIpc) is 2.97. The average molecular weight is 234 g/mol. The Morgan fingerprint density at radius 1 is 1.12 bits per heavy atom. The van der Waals surface area contributed by atoms with Crippen molar-refractivity contribution in [1.29, 1.82) is 0 Å². The first-order chi connectivity index (χ1) is 7.86. The van der Waals surface area contributed by atoms with Gasteiger partial charge >= 0.3 is 0 Å². The van der Waals surface area contributed by atoms with Crippen LogP contribution in [0.15, 0.2) is 24.3 Å². The van der Waals surface area contributed by atoms with Gasteiger partial charge in [0, 0.05) is 17.8 Å². The lowest BCUT2D eigenvalue weighted by molar-refractivity contribution is 0.641. The Balaban J connectivity index is 1.90. The summed E-state index contributed by atoms with van der Waals surface area (Å²) in [6.07, 6.45) is 4.00. The molecule has 1 saturated carbocycles. The van der Waals surface area contributed by atoms with E-state index in [9.17, 15) is 0 Å². The second kappa shape index (κ2) is 4.21. The minimum Gasteiger partial charge on any atom is -0.397 e. The smallest absolute Gasteiger partial charge is 0.0605 e. The molecule has 0 radical (unpaired) electrons. The Morgan fingerprint density at radius 2 is 1.94 bits per heavy atom. The van der Waals surface area contributed by atoms with Crippen LogP contribution in [0.25, 0.3) is 0 Å². The summed E-state index contributed by atoms with van der Waals surface area (Å²) >= 11 is 2.07. The fraction of sp³-hybridized carbons (Fsp3) is 0.538. The van der Waals surface area contributed by atoms with E-state index in [4.69, 9.17) is 5.73 Å². The molecule has 0 spiro atoms. The topological polar surface area (TPSA) is 29.3 Å². The van der Waals surface area contributed by atoms with E-state index < -0.39 is 0 Å². The molecule has 0 unspecified atom stereocenters. The third kappa shape index (κ3) is 1.88. The van der Waals surface area contributed by atoms with Crippen LogP contribution in [0.5, 0.6) is 0 Å². The molecule has 2 fully saturated rings. The van der Waals surface area contributed by atoms with Gasteiger partial charge in [0.1, 0.15) is 0 Å². The maximum absolute atomic E-state index is 6.11. The van der Waals surface area contributed by atoms with Crippen molar-refractivity contribution >= 4 is 23.1 Å². The van der Waals surface area contributed by atoms with Gasteiger partial charge in [-0.05, 0) is 37.1 Å². The molecule has 1 aromatic rings. The summed E-state index contributed by atoms with van der Waals surface area (Å²) in [5.41, 5.74) is 8.30. The van der Waals surface area contributed by atoms with Gasteiger partial charge in [-0.15, -0.1) is 0 Å². The predicted octanol–water partition coefficient (Wildman–Crippen LogP) is 2.74. The molecule has 0 aromatic heterocycles. The Bertz CT molecular complexity index is 370. The lowest BCUT2D eigenvalue weighted by atomic mass is 10.1. The molecule has 2 nitrogen and oxygen atoms in total. The van der Waals surface area contributed by atoms with Gasteiger partial charge in [-0.3, -0.25) is 0 Å². The second-order valence-corrected chi connectivity index (χ2v) is 5.86. The monoisotopic (exact) mass is 234 g/mol. The molecular formula is C13H18N2S. The molecule has 0 bridgehead atoms. The Labute approximate surface area is 101 Å². The number of nitrogens with zero attached hydrogens (tertiary/aromatic N) is 1. The predicted molar refractivity (Wildman–Crippen MR) is 72.1 cm³/mol. The third-order valence-corrected chi connectivity index (χ3v) is 4.60. The summed E-state index contributed by atoms with van der Waals surface area (Å²) in [6, 6.07) is 9.79. The van der Waals surface area contributed by atoms with Crippen molar-refractivity contribution in [1.82, 2.24) is 0 Å². The van der Waals surface area contributed by atoms with E-state index >= 15 is 0 Å². The van der Waals surface area contributed by atoms with Crippen molar-refractivity contribution in [3.05, 3.63) is 24.3 Å². The molecule has 1 aromatic carbocycles. The Morgan fingerprint density at radius 3 is 2.56 bits per heavy atom. The minimum atomic E-state index is 0.710. The quantitative estimate of drug-likeness (QED) is 0.815. The van der Waals surface area contributed by atoms with Crippen LogP contribution in [0.1, 0.15) is 19.3 Å². The van der Waals surface area contributed by atoms with Gasteiger partial charge in [0.05, 0.1) is 11.4 Å². The number of anilines is 2. The zero-order valence-electron chi connectivity index (χ0n) is 9.43. The second-order valence-electron chi connectivity index (χ2n) is 4.71. The normalized spacial score (nSPS) is 24.6. The van der Waals surface area contributed by atoms with E-state index in [1.807, 2.05) is 12.1 Å². The van der Waals surface area contributed by atoms with Gasteiger partial charge in [0.2, 0.25) is 0 Å². The summed E-state index contributed by atoms with van der Waals surface area (Å²) in [5, 5.41) is 0. The van der Waals surface area contributed by atoms with E-state index in [2.05, 4.69) is 28.8 Å². The summed E-state index contributed by atoms with van der Waals surface area (Å²) in [4.78, 5) is 2.59. The molecule has 3 rings (SSSR count). The van der Waals surface area contributed by atoms with Crippen LogP contribution in [0.3, 0.4) is 0 Å². The number of para-hydroxylation sites is 2. The molecule has 3 heteroatoms. The molecule has 86 valence electrons. The van der Waals surface area contributed by atoms with Gasteiger partial charge in [0.15, 0.2) is 0 Å². The molecular weight excluding hydrogens is 216 g/mol. The first-order valence-corrected chi connectivity index (χ1v) is 7.22.